The van der Waals surface area contributed by atoms with Crippen LogP contribution in [-0.2, 0) is 9.53 Å². The Morgan fingerprint density at radius 2 is 1.76 bits per heavy atom. The van der Waals surface area contributed by atoms with E-state index in [0.29, 0.717) is 10.6 Å². The third-order valence-corrected chi connectivity index (χ3v) is 4.11. The predicted octanol–water partition coefficient (Wildman–Crippen LogP) is 2.45. The van der Waals surface area contributed by atoms with Gasteiger partial charge in [-0.15, -0.1) is 0 Å². The Morgan fingerprint density at radius 3 is 2.48 bits per heavy atom. The van der Waals surface area contributed by atoms with E-state index >= 15 is 0 Å². The number of amides is 2. The fraction of sp³-hybridized carbons (Fsp3) is 0.100. The molecule has 0 fully saturated rings. The van der Waals surface area contributed by atoms with Gasteiger partial charge in [-0.1, -0.05) is 29.8 Å². The largest absolute Gasteiger partial charge is 0.449 e. The summed E-state index contributed by atoms with van der Waals surface area (Å²) < 4.78 is 10.4. The molecule has 8 nitrogen and oxygen atoms in total. The maximum Gasteiger partial charge on any atom is 0.375 e. The molecule has 148 valence electrons. The minimum absolute atomic E-state index is 0.154. The number of hydrazine groups is 1. The molecule has 9 heteroatoms. The van der Waals surface area contributed by atoms with Gasteiger partial charge in [-0.05, 0) is 37.3 Å². The van der Waals surface area contributed by atoms with Crippen LogP contribution in [0.4, 0.5) is 0 Å². The number of benzene rings is 2. The summed E-state index contributed by atoms with van der Waals surface area (Å²) in [5.41, 5.74) is 4.40. The number of hydrogen-bond donors (Lipinski definition) is 2. The summed E-state index contributed by atoms with van der Waals surface area (Å²) in [6, 6.07) is 13.6. The Bertz CT molecular complexity index is 1140. The Balaban J connectivity index is 1.63. The average Bonchev–Trinajstić information content (AvgIpc) is 2.72. The van der Waals surface area contributed by atoms with E-state index in [1.54, 1.807) is 30.3 Å². The molecule has 0 aliphatic rings. The molecular formula is C20H15ClN2O6. The lowest BCUT2D eigenvalue weighted by atomic mass is 10.2. The van der Waals surface area contributed by atoms with Crippen molar-refractivity contribution in [2.24, 2.45) is 0 Å². The fourth-order valence-electron chi connectivity index (χ4n) is 2.38. The number of halogens is 1. The Hall–Kier alpha value is -3.65. The van der Waals surface area contributed by atoms with Gasteiger partial charge in [-0.25, -0.2) is 4.79 Å². The van der Waals surface area contributed by atoms with Crippen molar-refractivity contribution in [3.8, 4) is 0 Å². The van der Waals surface area contributed by atoms with Gasteiger partial charge in [0.2, 0.25) is 5.76 Å². The molecule has 0 aliphatic carbocycles. The molecule has 2 N–H and O–H groups in total. The third-order valence-electron chi connectivity index (χ3n) is 3.88. The van der Waals surface area contributed by atoms with Crippen LogP contribution in [0.15, 0.2) is 63.8 Å². The van der Waals surface area contributed by atoms with Crippen LogP contribution in [0.1, 0.15) is 27.8 Å². The predicted molar refractivity (Wildman–Crippen MR) is 104 cm³/mol. The van der Waals surface area contributed by atoms with Crippen molar-refractivity contribution >= 4 is 40.4 Å². The number of nitrogens with one attached hydrogen (secondary N) is 2. The molecule has 29 heavy (non-hydrogen) atoms. The summed E-state index contributed by atoms with van der Waals surface area (Å²) in [4.78, 5) is 48.3. The topological polar surface area (TPSA) is 115 Å². The number of ether oxygens (including phenoxy) is 1. The van der Waals surface area contributed by atoms with Crippen molar-refractivity contribution in [3.05, 3.63) is 81.2 Å². The zero-order chi connectivity index (χ0) is 21.0. The van der Waals surface area contributed by atoms with E-state index in [2.05, 4.69) is 10.9 Å². The van der Waals surface area contributed by atoms with Crippen LogP contribution in [0.5, 0.6) is 0 Å². The van der Waals surface area contributed by atoms with Crippen LogP contribution in [0, 0.1) is 0 Å². The number of carbonyl (C=O) groups excluding carboxylic acids is 3. The van der Waals surface area contributed by atoms with Crippen molar-refractivity contribution in [1.29, 1.82) is 0 Å². The molecule has 3 rings (SSSR count). The summed E-state index contributed by atoms with van der Waals surface area (Å²) in [5, 5.41) is 0.562. The number of carbonyl (C=O) groups is 3. The minimum Gasteiger partial charge on any atom is -0.449 e. The summed E-state index contributed by atoms with van der Waals surface area (Å²) in [5.74, 6) is -2.66. The second kappa shape index (κ2) is 8.57. The van der Waals surface area contributed by atoms with Gasteiger partial charge in [0.05, 0.1) is 5.39 Å². The van der Waals surface area contributed by atoms with Gasteiger partial charge in [-0.2, -0.15) is 0 Å². The molecule has 0 saturated carbocycles. The van der Waals surface area contributed by atoms with Crippen LogP contribution in [-0.4, -0.2) is 23.9 Å². The molecule has 0 aliphatic heterocycles. The van der Waals surface area contributed by atoms with E-state index < -0.39 is 29.3 Å². The maximum absolute atomic E-state index is 12.2. The summed E-state index contributed by atoms with van der Waals surface area (Å²) in [6.45, 7) is 1.31. The molecular weight excluding hydrogens is 400 g/mol. The summed E-state index contributed by atoms with van der Waals surface area (Å²) >= 11 is 5.84. The standard InChI is InChI=1S/C20H15ClN2O6/c1-11(18(25)22-23-19(26)12-5-3-2-4-6-12)28-20(27)17-10-15(24)14-9-13(21)7-8-16(14)29-17/h2-11H,1H3,(H,22,25)(H,23,26)/t11-/m1/s1. The van der Waals surface area contributed by atoms with Crippen molar-refractivity contribution < 1.29 is 23.5 Å². The van der Waals surface area contributed by atoms with Crippen LogP contribution in [0.2, 0.25) is 5.02 Å². The fourth-order valence-corrected chi connectivity index (χ4v) is 2.56. The highest BCUT2D eigenvalue weighted by molar-refractivity contribution is 6.31. The van der Waals surface area contributed by atoms with E-state index in [9.17, 15) is 19.2 Å². The Morgan fingerprint density at radius 1 is 1.03 bits per heavy atom. The molecule has 1 aromatic heterocycles. The van der Waals surface area contributed by atoms with Gasteiger partial charge in [-0.3, -0.25) is 25.2 Å². The van der Waals surface area contributed by atoms with Gasteiger partial charge < -0.3 is 9.15 Å². The lowest BCUT2D eigenvalue weighted by Gasteiger charge is -2.13. The van der Waals surface area contributed by atoms with Gasteiger partial charge >= 0.3 is 5.97 Å². The molecule has 0 spiro atoms. The van der Waals surface area contributed by atoms with E-state index in [1.807, 2.05) is 0 Å². The van der Waals surface area contributed by atoms with Gasteiger partial charge in [0.15, 0.2) is 11.5 Å². The second-order valence-electron chi connectivity index (χ2n) is 5.97. The number of fused-ring (bicyclic) bond motifs is 1. The molecule has 0 unspecified atom stereocenters. The van der Waals surface area contributed by atoms with Crippen LogP contribution in [0.3, 0.4) is 0 Å². The number of esters is 1. The Kier molecular flexibility index (Phi) is 5.94. The highest BCUT2D eigenvalue weighted by Crippen LogP contribution is 2.18. The zero-order valence-corrected chi connectivity index (χ0v) is 15.9. The first-order valence-corrected chi connectivity index (χ1v) is 8.82. The monoisotopic (exact) mass is 414 g/mol. The van der Waals surface area contributed by atoms with Gasteiger partial charge in [0.1, 0.15) is 5.58 Å². The van der Waals surface area contributed by atoms with E-state index in [-0.39, 0.29) is 16.7 Å². The molecule has 0 saturated heterocycles. The normalized spacial score (nSPS) is 11.5. The molecule has 3 aromatic rings. The van der Waals surface area contributed by atoms with Gasteiger partial charge in [0, 0.05) is 16.7 Å². The average molecular weight is 415 g/mol. The Labute approximate surface area is 169 Å². The smallest absolute Gasteiger partial charge is 0.375 e. The summed E-state index contributed by atoms with van der Waals surface area (Å²) in [6.07, 6.45) is -1.26. The van der Waals surface area contributed by atoms with E-state index in [0.717, 1.165) is 6.07 Å². The first-order valence-electron chi connectivity index (χ1n) is 8.45. The van der Waals surface area contributed by atoms with E-state index in [1.165, 1.54) is 25.1 Å². The van der Waals surface area contributed by atoms with E-state index in [4.69, 9.17) is 20.8 Å². The van der Waals surface area contributed by atoms with Crippen LogP contribution in [0.25, 0.3) is 11.0 Å². The van der Waals surface area contributed by atoms with Crippen LogP contribution >= 0.6 is 11.6 Å². The molecule has 2 amide bonds. The highest BCUT2D eigenvalue weighted by Gasteiger charge is 2.22. The zero-order valence-electron chi connectivity index (χ0n) is 15.1. The summed E-state index contributed by atoms with van der Waals surface area (Å²) in [7, 11) is 0. The molecule has 0 radical (unpaired) electrons. The van der Waals surface area contributed by atoms with Crippen molar-refractivity contribution in [2.45, 2.75) is 13.0 Å². The molecule has 1 heterocycles. The number of rotatable bonds is 4. The lowest BCUT2D eigenvalue weighted by molar-refractivity contribution is -0.129. The maximum atomic E-state index is 12.2. The van der Waals surface area contributed by atoms with Crippen molar-refractivity contribution in [1.82, 2.24) is 10.9 Å². The van der Waals surface area contributed by atoms with Gasteiger partial charge in [0.25, 0.3) is 11.8 Å². The number of hydrogen-bond acceptors (Lipinski definition) is 6. The van der Waals surface area contributed by atoms with Crippen molar-refractivity contribution in [3.63, 3.8) is 0 Å². The second-order valence-corrected chi connectivity index (χ2v) is 6.41. The molecule has 2 aromatic carbocycles. The third kappa shape index (κ3) is 4.80. The molecule has 1 atom stereocenters. The first kappa shape index (κ1) is 20.1. The highest BCUT2D eigenvalue weighted by atomic mass is 35.5. The first-order chi connectivity index (χ1) is 13.8. The SMILES string of the molecule is C[C@@H](OC(=O)c1cc(=O)c2cc(Cl)ccc2o1)C(=O)NNC(=O)c1ccccc1. The quantitative estimate of drug-likeness (QED) is 0.500. The van der Waals surface area contributed by atoms with Crippen molar-refractivity contribution in [2.75, 3.05) is 0 Å². The lowest BCUT2D eigenvalue weighted by Crippen LogP contribution is -2.46. The minimum atomic E-state index is -1.26. The van der Waals surface area contributed by atoms with Crippen LogP contribution < -0.4 is 16.3 Å². The molecule has 0 bridgehead atoms.